The van der Waals surface area contributed by atoms with E-state index in [0.717, 1.165) is 10.8 Å². The minimum atomic E-state index is -0.626. The van der Waals surface area contributed by atoms with E-state index < -0.39 is 17.2 Å². The van der Waals surface area contributed by atoms with Gasteiger partial charge in [0.1, 0.15) is 16.8 Å². The summed E-state index contributed by atoms with van der Waals surface area (Å²) in [5.41, 5.74) is 0.708. The summed E-state index contributed by atoms with van der Waals surface area (Å²) in [6.45, 7) is 2.98. The molecule has 5 heterocycles. The van der Waals surface area contributed by atoms with Crippen LogP contribution in [0.1, 0.15) is 16.8 Å². The molecule has 230 valence electrons. The number of carbonyl (C=O) groups excluding carboxylic acids is 1. The Morgan fingerprint density at radius 3 is 2.61 bits per heavy atom. The molecule has 0 unspecified atom stereocenters. The lowest BCUT2D eigenvalue weighted by Crippen LogP contribution is -2.50. The van der Waals surface area contributed by atoms with E-state index in [1.54, 1.807) is 42.1 Å². The average Bonchev–Trinajstić information content (AvgIpc) is 3.62. The standard InChI is InChI=1S/C34H29FN8O3/c35-26-19-24-30-32(28(26)37-11-4-13-40-14-12-36-21-40)46-27-8-7-22-5-1-2-6-23(22)29(27)43(30)20-25(31(24)44)33(45)41-15-17-42(18-16-41)34-38-9-3-10-39-34/h1-3,5-10,12,14,19-21,37H,4,11,13,15-18H2. The van der Waals surface area contributed by atoms with Crippen molar-refractivity contribution in [3.63, 3.8) is 0 Å². The van der Waals surface area contributed by atoms with E-state index in [-0.39, 0.29) is 22.4 Å². The Balaban J connectivity index is 1.20. The predicted molar refractivity (Wildman–Crippen MR) is 173 cm³/mol. The van der Waals surface area contributed by atoms with Crippen molar-refractivity contribution in [3.05, 3.63) is 107 Å². The van der Waals surface area contributed by atoms with Crippen LogP contribution >= 0.6 is 0 Å². The highest BCUT2D eigenvalue weighted by molar-refractivity contribution is 6.04. The highest BCUT2D eigenvalue weighted by Crippen LogP contribution is 2.47. The molecule has 11 nitrogen and oxygen atoms in total. The van der Waals surface area contributed by atoms with Crippen molar-refractivity contribution < 1.29 is 13.9 Å². The van der Waals surface area contributed by atoms with Gasteiger partial charge < -0.3 is 29.0 Å². The summed E-state index contributed by atoms with van der Waals surface area (Å²) in [6.07, 6.45) is 11.0. The summed E-state index contributed by atoms with van der Waals surface area (Å²) in [6, 6.07) is 14.6. The van der Waals surface area contributed by atoms with E-state index in [0.29, 0.717) is 68.6 Å². The van der Waals surface area contributed by atoms with Gasteiger partial charge in [0.15, 0.2) is 17.3 Å². The SMILES string of the molecule is O=C(c1cn2c3c(c(NCCCn4ccnc4)c(F)cc3c1=O)Oc1ccc3ccccc3c1-2)N1CCN(c2ncccn2)CC1. The molecule has 2 aliphatic rings. The normalized spacial score (nSPS) is 13.9. The molecule has 0 aliphatic carbocycles. The number of ether oxygens (including phenoxy) is 1. The second-order valence-electron chi connectivity index (χ2n) is 11.3. The number of hydrogen-bond acceptors (Lipinski definition) is 8. The Kier molecular flexibility index (Phi) is 6.81. The fourth-order valence-corrected chi connectivity index (χ4v) is 6.32. The lowest BCUT2D eigenvalue weighted by molar-refractivity contribution is 0.0744. The molecule has 2 aliphatic heterocycles. The van der Waals surface area contributed by atoms with Crippen molar-refractivity contribution in [2.24, 2.45) is 0 Å². The molecule has 6 aromatic rings. The second-order valence-corrected chi connectivity index (χ2v) is 11.3. The molecule has 1 fully saturated rings. The molecule has 1 saturated heterocycles. The first-order valence-electron chi connectivity index (χ1n) is 15.2. The zero-order chi connectivity index (χ0) is 31.2. The molecule has 46 heavy (non-hydrogen) atoms. The summed E-state index contributed by atoms with van der Waals surface area (Å²) in [4.78, 5) is 44.4. The average molecular weight is 617 g/mol. The highest BCUT2D eigenvalue weighted by Gasteiger charge is 2.31. The number of nitrogens with one attached hydrogen (secondary N) is 1. The number of carbonyl (C=O) groups is 1. The van der Waals surface area contributed by atoms with Crippen molar-refractivity contribution in [2.45, 2.75) is 13.0 Å². The number of halogens is 1. The third-order valence-electron chi connectivity index (χ3n) is 8.60. The number of aromatic nitrogens is 5. The molecule has 1 amide bonds. The largest absolute Gasteiger partial charge is 0.451 e. The van der Waals surface area contributed by atoms with Gasteiger partial charge in [-0.25, -0.2) is 19.3 Å². The van der Waals surface area contributed by atoms with Crippen molar-refractivity contribution in [1.82, 2.24) is 29.0 Å². The minimum absolute atomic E-state index is 0.0240. The van der Waals surface area contributed by atoms with Crippen LogP contribution in [0, 0.1) is 5.82 Å². The molecule has 3 aromatic carbocycles. The number of rotatable bonds is 7. The zero-order valence-corrected chi connectivity index (χ0v) is 24.8. The van der Waals surface area contributed by atoms with Gasteiger partial charge >= 0.3 is 0 Å². The van der Waals surface area contributed by atoms with Gasteiger partial charge in [-0.15, -0.1) is 0 Å². The Hall–Kier alpha value is -5.78. The van der Waals surface area contributed by atoms with E-state index in [4.69, 9.17) is 4.74 Å². The maximum Gasteiger partial charge on any atom is 0.259 e. The van der Waals surface area contributed by atoms with Gasteiger partial charge in [0.05, 0.1) is 17.4 Å². The summed E-state index contributed by atoms with van der Waals surface area (Å²) >= 11 is 0. The van der Waals surface area contributed by atoms with Gasteiger partial charge in [0, 0.05) is 75.6 Å². The summed E-state index contributed by atoms with van der Waals surface area (Å²) in [5, 5.41) is 5.13. The molecular weight excluding hydrogens is 587 g/mol. The molecule has 3 aromatic heterocycles. The maximum absolute atomic E-state index is 15.9. The monoisotopic (exact) mass is 616 g/mol. The van der Waals surface area contributed by atoms with Crippen LogP contribution in [0.5, 0.6) is 11.5 Å². The van der Waals surface area contributed by atoms with Crippen molar-refractivity contribution in [3.8, 4) is 17.2 Å². The smallest absolute Gasteiger partial charge is 0.259 e. The molecule has 0 bridgehead atoms. The molecule has 0 spiro atoms. The van der Waals surface area contributed by atoms with Gasteiger partial charge in [-0.1, -0.05) is 30.3 Å². The number of anilines is 2. The van der Waals surface area contributed by atoms with Gasteiger partial charge in [-0.2, -0.15) is 0 Å². The minimum Gasteiger partial charge on any atom is -0.451 e. The van der Waals surface area contributed by atoms with Gasteiger partial charge in [-0.05, 0) is 30.0 Å². The van der Waals surface area contributed by atoms with Crippen LogP contribution in [0.25, 0.3) is 27.4 Å². The maximum atomic E-state index is 15.9. The van der Waals surface area contributed by atoms with E-state index >= 15 is 4.39 Å². The molecule has 12 heteroatoms. The predicted octanol–water partition coefficient (Wildman–Crippen LogP) is 4.84. The first-order chi connectivity index (χ1) is 22.6. The first kappa shape index (κ1) is 27.7. The topological polar surface area (TPSA) is 110 Å². The molecule has 0 saturated carbocycles. The number of nitrogens with zero attached hydrogens (tertiary/aromatic N) is 7. The Morgan fingerprint density at radius 1 is 0.978 bits per heavy atom. The summed E-state index contributed by atoms with van der Waals surface area (Å²) in [5.74, 6) is 0.286. The number of hydrogen-bond donors (Lipinski definition) is 1. The number of aryl methyl sites for hydroxylation is 1. The number of piperazine rings is 1. The van der Waals surface area contributed by atoms with Crippen LogP contribution in [0.4, 0.5) is 16.0 Å². The van der Waals surface area contributed by atoms with Gasteiger partial charge in [0.2, 0.25) is 11.4 Å². The number of pyridine rings is 1. The quantitative estimate of drug-likeness (QED) is 0.254. The van der Waals surface area contributed by atoms with Crippen LogP contribution in [-0.2, 0) is 6.54 Å². The number of amides is 1. The summed E-state index contributed by atoms with van der Waals surface area (Å²) < 4.78 is 26.1. The fraction of sp³-hybridized carbons (Fsp3) is 0.206. The first-order valence-corrected chi connectivity index (χ1v) is 15.2. The zero-order valence-electron chi connectivity index (χ0n) is 24.8. The van der Waals surface area contributed by atoms with Gasteiger partial charge in [0.25, 0.3) is 5.91 Å². The molecule has 1 N–H and O–H groups in total. The number of imidazole rings is 1. The molecule has 0 radical (unpaired) electrons. The number of fused-ring (bicyclic) bond motifs is 4. The highest BCUT2D eigenvalue weighted by atomic mass is 19.1. The van der Waals surface area contributed by atoms with Crippen molar-refractivity contribution in [1.29, 1.82) is 0 Å². The Morgan fingerprint density at radius 2 is 1.80 bits per heavy atom. The van der Waals surface area contributed by atoms with Crippen LogP contribution in [0.15, 0.2) is 90.6 Å². The third-order valence-corrected chi connectivity index (χ3v) is 8.60. The van der Waals surface area contributed by atoms with Crippen LogP contribution in [0.2, 0.25) is 0 Å². The van der Waals surface area contributed by atoms with E-state index in [1.165, 1.54) is 6.07 Å². The lowest BCUT2D eigenvalue weighted by atomic mass is 10.0. The Labute approximate surface area is 262 Å². The number of benzene rings is 3. The lowest BCUT2D eigenvalue weighted by Gasteiger charge is -2.35. The summed E-state index contributed by atoms with van der Waals surface area (Å²) in [7, 11) is 0. The van der Waals surface area contributed by atoms with E-state index in [1.807, 2.05) is 56.6 Å². The van der Waals surface area contributed by atoms with E-state index in [9.17, 15) is 9.59 Å². The van der Waals surface area contributed by atoms with Gasteiger partial charge in [-0.3, -0.25) is 9.59 Å². The third kappa shape index (κ3) is 4.69. The Bertz CT molecular complexity index is 2160. The van der Waals surface area contributed by atoms with Crippen LogP contribution in [0.3, 0.4) is 0 Å². The van der Waals surface area contributed by atoms with Crippen molar-refractivity contribution in [2.75, 3.05) is 42.9 Å². The van der Waals surface area contributed by atoms with E-state index in [2.05, 4.69) is 20.3 Å². The van der Waals surface area contributed by atoms with Crippen LogP contribution in [-0.4, -0.2) is 67.6 Å². The van der Waals surface area contributed by atoms with Crippen molar-refractivity contribution >= 4 is 39.2 Å². The second kappa shape index (κ2) is 11.3. The molecule has 8 rings (SSSR count). The fourth-order valence-electron chi connectivity index (χ4n) is 6.32. The molecule has 0 atom stereocenters. The van der Waals surface area contributed by atoms with Crippen LogP contribution < -0.4 is 20.4 Å². The molecular formula is C34H29FN8O3.